The van der Waals surface area contributed by atoms with Crippen LogP contribution in [0.4, 0.5) is 0 Å². The molecule has 0 saturated carbocycles. The number of hydrogen-bond donors (Lipinski definition) is 1. The maximum absolute atomic E-state index is 12.3. The third-order valence-corrected chi connectivity index (χ3v) is 4.64. The highest BCUT2D eigenvalue weighted by atomic mass is 35.5. The van der Waals surface area contributed by atoms with Crippen LogP contribution in [0.15, 0.2) is 17.0 Å². The summed E-state index contributed by atoms with van der Waals surface area (Å²) >= 11 is 5.84. The van der Waals surface area contributed by atoms with E-state index in [1.54, 1.807) is 6.92 Å². The normalized spacial score (nSPS) is 13.0. The lowest BCUT2D eigenvalue weighted by atomic mass is 10.2. The summed E-state index contributed by atoms with van der Waals surface area (Å²) in [5.74, 6) is 0.852. The summed E-state index contributed by atoms with van der Waals surface area (Å²) in [7, 11) is 0.745. The Hall–Kier alpha value is -1.02. The number of halogens is 1. The van der Waals surface area contributed by atoms with Crippen LogP contribution in [0, 0.1) is 0 Å². The molecule has 21 heavy (non-hydrogen) atoms. The van der Waals surface area contributed by atoms with Crippen LogP contribution < -0.4 is 14.2 Å². The predicted octanol–water partition coefficient (Wildman–Crippen LogP) is 1.76. The number of methoxy groups -OCH3 is 3. The zero-order valence-electron chi connectivity index (χ0n) is 12.5. The van der Waals surface area contributed by atoms with E-state index in [4.69, 9.17) is 25.8 Å². The highest BCUT2D eigenvalue weighted by molar-refractivity contribution is 7.89. The summed E-state index contributed by atoms with van der Waals surface area (Å²) in [5.41, 5.74) is 0.540. The summed E-state index contributed by atoms with van der Waals surface area (Å²) in [4.78, 5) is 0.0686. The molecule has 8 heteroatoms. The van der Waals surface area contributed by atoms with Crippen molar-refractivity contribution in [3.8, 4) is 11.5 Å². The van der Waals surface area contributed by atoms with Gasteiger partial charge in [-0.15, -0.1) is 11.6 Å². The Bertz CT molecular complexity index is 551. The van der Waals surface area contributed by atoms with Gasteiger partial charge in [-0.05, 0) is 13.0 Å². The SMILES string of the molecule is COc1cc(S(=O)(=O)NCC(C)OC)cc(CCl)c1OC. The summed E-state index contributed by atoms with van der Waals surface area (Å²) in [6.45, 7) is 1.94. The van der Waals surface area contributed by atoms with Crippen molar-refractivity contribution < 1.29 is 22.6 Å². The molecule has 0 aromatic heterocycles. The third-order valence-electron chi connectivity index (χ3n) is 2.95. The fraction of sp³-hybridized carbons (Fsp3) is 0.538. The average molecular weight is 338 g/mol. The molecule has 0 saturated heterocycles. The molecule has 1 N–H and O–H groups in total. The highest BCUT2D eigenvalue weighted by Crippen LogP contribution is 2.34. The molecule has 0 aliphatic heterocycles. The van der Waals surface area contributed by atoms with E-state index in [1.165, 1.54) is 33.5 Å². The molecule has 0 fully saturated rings. The number of ether oxygens (including phenoxy) is 3. The standard InChI is InChI=1S/C13H20ClNO5S/c1-9(18-2)8-15-21(16,17)11-5-10(7-14)13(20-4)12(6-11)19-3/h5-6,9,15H,7-8H2,1-4H3. The van der Waals surface area contributed by atoms with Crippen molar-refractivity contribution in [2.45, 2.75) is 23.8 Å². The quantitative estimate of drug-likeness (QED) is 0.732. The molecular weight excluding hydrogens is 318 g/mol. The minimum Gasteiger partial charge on any atom is -0.493 e. The molecular formula is C13H20ClNO5S. The molecule has 0 heterocycles. The molecule has 0 radical (unpaired) electrons. The number of hydrogen-bond acceptors (Lipinski definition) is 5. The molecule has 1 unspecified atom stereocenters. The number of alkyl halides is 1. The Morgan fingerprint density at radius 1 is 1.24 bits per heavy atom. The van der Waals surface area contributed by atoms with Crippen LogP contribution in [0.3, 0.4) is 0 Å². The minimum atomic E-state index is -3.68. The minimum absolute atomic E-state index is 0.0686. The van der Waals surface area contributed by atoms with Gasteiger partial charge < -0.3 is 14.2 Å². The lowest BCUT2D eigenvalue weighted by Gasteiger charge is -2.15. The fourth-order valence-corrected chi connectivity index (χ4v) is 3.04. The average Bonchev–Trinajstić information content (AvgIpc) is 2.50. The fourth-order valence-electron chi connectivity index (χ4n) is 1.66. The van der Waals surface area contributed by atoms with Crippen molar-refractivity contribution >= 4 is 21.6 Å². The second kappa shape index (κ2) is 7.84. The van der Waals surface area contributed by atoms with Crippen molar-refractivity contribution in [2.75, 3.05) is 27.9 Å². The summed E-state index contributed by atoms with van der Waals surface area (Å²) in [6, 6.07) is 2.86. The molecule has 0 bridgehead atoms. The summed E-state index contributed by atoms with van der Waals surface area (Å²) in [6.07, 6.45) is -0.229. The van der Waals surface area contributed by atoms with Crippen LogP contribution in [-0.2, 0) is 20.6 Å². The van der Waals surface area contributed by atoms with Crippen molar-refractivity contribution in [3.05, 3.63) is 17.7 Å². The van der Waals surface area contributed by atoms with Gasteiger partial charge in [0.1, 0.15) is 0 Å². The van der Waals surface area contributed by atoms with Crippen molar-refractivity contribution in [1.29, 1.82) is 0 Å². The number of nitrogens with one attached hydrogen (secondary N) is 1. The largest absolute Gasteiger partial charge is 0.493 e. The zero-order chi connectivity index (χ0) is 16.0. The van der Waals surface area contributed by atoms with Gasteiger partial charge in [-0.3, -0.25) is 0 Å². The van der Waals surface area contributed by atoms with E-state index in [1.807, 2.05) is 0 Å². The molecule has 1 rings (SSSR count). The Morgan fingerprint density at radius 3 is 2.38 bits per heavy atom. The number of sulfonamides is 1. The topological polar surface area (TPSA) is 73.9 Å². The predicted molar refractivity (Wildman–Crippen MR) is 80.8 cm³/mol. The Morgan fingerprint density at radius 2 is 1.90 bits per heavy atom. The summed E-state index contributed by atoms with van der Waals surface area (Å²) in [5, 5.41) is 0. The van der Waals surface area contributed by atoms with Crippen LogP contribution in [-0.4, -0.2) is 42.4 Å². The van der Waals surface area contributed by atoms with Gasteiger partial charge in [-0.1, -0.05) is 0 Å². The first-order valence-corrected chi connectivity index (χ1v) is 8.24. The van der Waals surface area contributed by atoms with Gasteiger partial charge in [0.05, 0.1) is 31.1 Å². The van der Waals surface area contributed by atoms with Crippen LogP contribution in [0.2, 0.25) is 0 Å². The van der Waals surface area contributed by atoms with Crippen molar-refractivity contribution in [1.82, 2.24) is 4.72 Å². The van der Waals surface area contributed by atoms with Gasteiger partial charge in [0.15, 0.2) is 11.5 Å². The molecule has 0 aliphatic rings. The lowest BCUT2D eigenvalue weighted by molar-refractivity contribution is 0.122. The van der Waals surface area contributed by atoms with Gasteiger partial charge in [0.2, 0.25) is 10.0 Å². The number of rotatable bonds is 8. The second-order valence-electron chi connectivity index (χ2n) is 4.35. The van der Waals surface area contributed by atoms with Gasteiger partial charge >= 0.3 is 0 Å². The van der Waals surface area contributed by atoms with E-state index in [0.29, 0.717) is 17.1 Å². The third kappa shape index (κ3) is 4.47. The van der Waals surface area contributed by atoms with E-state index in [9.17, 15) is 8.42 Å². The molecule has 120 valence electrons. The Kier molecular flexibility index (Phi) is 6.73. The van der Waals surface area contributed by atoms with E-state index in [2.05, 4.69) is 4.72 Å². The van der Waals surface area contributed by atoms with E-state index < -0.39 is 10.0 Å². The molecule has 1 aromatic carbocycles. The molecule has 1 atom stereocenters. The first kappa shape index (κ1) is 18.0. The van der Waals surface area contributed by atoms with Crippen LogP contribution >= 0.6 is 11.6 Å². The molecule has 1 aromatic rings. The monoisotopic (exact) mass is 337 g/mol. The second-order valence-corrected chi connectivity index (χ2v) is 6.38. The van der Waals surface area contributed by atoms with Gasteiger partial charge in [-0.2, -0.15) is 0 Å². The van der Waals surface area contributed by atoms with E-state index >= 15 is 0 Å². The maximum Gasteiger partial charge on any atom is 0.240 e. The molecule has 6 nitrogen and oxygen atoms in total. The maximum atomic E-state index is 12.3. The molecule has 0 amide bonds. The van der Waals surface area contributed by atoms with Crippen LogP contribution in [0.5, 0.6) is 11.5 Å². The van der Waals surface area contributed by atoms with E-state index in [-0.39, 0.29) is 23.4 Å². The first-order chi connectivity index (χ1) is 9.89. The molecule has 0 aliphatic carbocycles. The highest BCUT2D eigenvalue weighted by Gasteiger charge is 2.20. The van der Waals surface area contributed by atoms with Crippen LogP contribution in [0.25, 0.3) is 0 Å². The van der Waals surface area contributed by atoms with Crippen molar-refractivity contribution in [3.63, 3.8) is 0 Å². The zero-order valence-corrected chi connectivity index (χ0v) is 14.0. The Balaban J connectivity index is 3.17. The summed E-state index contributed by atoms with van der Waals surface area (Å²) < 4.78 is 42.4. The first-order valence-electron chi connectivity index (χ1n) is 6.22. The van der Waals surface area contributed by atoms with Gasteiger partial charge in [-0.25, -0.2) is 13.1 Å². The van der Waals surface area contributed by atoms with Crippen molar-refractivity contribution in [2.24, 2.45) is 0 Å². The van der Waals surface area contributed by atoms with Crippen LogP contribution in [0.1, 0.15) is 12.5 Å². The van der Waals surface area contributed by atoms with E-state index in [0.717, 1.165) is 0 Å². The van der Waals surface area contributed by atoms with Gasteiger partial charge in [0.25, 0.3) is 0 Å². The number of benzene rings is 1. The lowest BCUT2D eigenvalue weighted by Crippen LogP contribution is -2.31. The Labute approximate surface area is 130 Å². The smallest absolute Gasteiger partial charge is 0.240 e. The molecule has 0 spiro atoms. The van der Waals surface area contributed by atoms with Gasteiger partial charge in [0, 0.05) is 25.3 Å².